The third-order valence-corrected chi connectivity index (χ3v) is 4.23. The third kappa shape index (κ3) is 5.31. The van der Waals surface area contributed by atoms with Crippen molar-refractivity contribution in [2.24, 2.45) is 5.73 Å². The summed E-state index contributed by atoms with van der Waals surface area (Å²) in [4.78, 5) is 12.1. The van der Waals surface area contributed by atoms with Gasteiger partial charge in [-0.25, -0.2) is 0 Å². The first-order valence-corrected chi connectivity index (χ1v) is 8.65. The summed E-state index contributed by atoms with van der Waals surface area (Å²) in [6, 6.07) is 16.7. The molecule has 5 nitrogen and oxygen atoms in total. The number of nitrogens with one attached hydrogen (secondary N) is 1. The summed E-state index contributed by atoms with van der Waals surface area (Å²) in [7, 11) is 0. The lowest BCUT2D eigenvalue weighted by atomic mass is 10.0. The molecule has 0 bridgehead atoms. The number of nitrogens with two attached hydrogens (primary N) is 1. The van der Waals surface area contributed by atoms with Crippen molar-refractivity contribution in [2.45, 2.75) is 31.4 Å². The van der Waals surface area contributed by atoms with E-state index in [1.54, 1.807) is 0 Å². The van der Waals surface area contributed by atoms with E-state index in [0.717, 1.165) is 36.4 Å². The van der Waals surface area contributed by atoms with Gasteiger partial charge in [0.2, 0.25) is 5.91 Å². The van der Waals surface area contributed by atoms with Crippen LogP contribution in [0.25, 0.3) is 0 Å². The summed E-state index contributed by atoms with van der Waals surface area (Å²) in [6.07, 6.45) is 2.58. The first-order valence-electron chi connectivity index (χ1n) is 8.65. The van der Waals surface area contributed by atoms with Gasteiger partial charge in [-0.2, -0.15) is 0 Å². The van der Waals surface area contributed by atoms with Gasteiger partial charge < -0.3 is 20.5 Å². The number of benzene rings is 2. The summed E-state index contributed by atoms with van der Waals surface area (Å²) >= 11 is 0. The molecule has 25 heavy (non-hydrogen) atoms. The Hall–Kier alpha value is -2.37. The topological polar surface area (TPSA) is 73.6 Å². The van der Waals surface area contributed by atoms with Gasteiger partial charge in [0, 0.05) is 24.8 Å². The lowest BCUT2D eigenvalue weighted by Gasteiger charge is -2.13. The zero-order valence-corrected chi connectivity index (χ0v) is 14.2. The van der Waals surface area contributed by atoms with Gasteiger partial charge in [0.25, 0.3) is 0 Å². The van der Waals surface area contributed by atoms with Gasteiger partial charge in [-0.05, 0) is 42.7 Å². The van der Waals surface area contributed by atoms with Crippen molar-refractivity contribution in [3.63, 3.8) is 0 Å². The van der Waals surface area contributed by atoms with E-state index in [1.165, 1.54) is 0 Å². The van der Waals surface area contributed by atoms with E-state index in [1.807, 2.05) is 54.6 Å². The average molecular weight is 340 g/mol. The monoisotopic (exact) mass is 340 g/mol. The van der Waals surface area contributed by atoms with E-state index in [-0.39, 0.29) is 24.5 Å². The Bertz CT molecular complexity index is 667. The molecule has 0 radical (unpaired) electrons. The van der Waals surface area contributed by atoms with Gasteiger partial charge in [-0.3, -0.25) is 4.79 Å². The van der Waals surface area contributed by atoms with Crippen LogP contribution in [0.15, 0.2) is 54.6 Å². The number of rotatable bonds is 7. The molecule has 0 aromatic heterocycles. The molecule has 0 spiro atoms. The number of ether oxygens (including phenoxy) is 2. The molecule has 1 aliphatic rings. The maximum atomic E-state index is 12.1. The lowest BCUT2D eigenvalue weighted by Crippen LogP contribution is -2.20. The molecule has 3 N–H and O–H groups in total. The fourth-order valence-corrected chi connectivity index (χ4v) is 2.83. The van der Waals surface area contributed by atoms with Gasteiger partial charge in [0.05, 0.1) is 6.10 Å². The number of carbonyl (C=O) groups excluding carboxylic acids is 1. The van der Waals surface area contributed by atoms with E-state index in [2.05, 4.69) is 5.32 Å². The van der Waals surface area contributed by atoms with Gasteiger partial charge in [-0.15, -0.1) is 0 Å². The highest BCUT2D eigenvalue weighted by molar-refractivity contribution is 5.91. The third-order valence-electron chi connectivity index (χ3n) is 4.23. The van der Waals surface area contributed by atoms with Crippen LogP contribution in [-0.4, -0.2) is 25.2 Å². The largest absolute Gasteiger partial charge is 0.491 e. The molecule has 2 atom stereocenters. The minimum atomic E-state index is -0.310. The second kappa shape index (κ2) is 8.65. The molecule has 3 rings (SSSR count). The first kappa shape index (κ1) is 17.5. The molecule has 1 amide bonds. The van der Waals surface area contributed by atoms with Crippen LogP contribution in [0.4, 0.5) is 5.69 Å². The van der Waals surface area contributed by atoms with Crippen LogP contribution < -0.4 is 15.8 Å². The zero-order chi connectivity index (χ0) is 17.5. The van der Waals surface area contributed by atoms with Crippen molar-refractivity contribution in [3.8, 4) is 5.75 Å². The number of anilines is 1. The van der Waals surface area contributed by atoms with Crippen molar-refractivity contribution in [1.82, 2.24) is 0 Å². The van der Waals surface area contributed by atoms with Crippen LogP contribution in [0.2, 0.25) is 0 Å². The smallest absolute Gasteiger partial charge is 0.226 e. The first-order chi connectivity index (χ1) is 12.2. The fourth-order valence-electron chi connectivity index (χ4n) is 2.83. The molecule has 0 aliphatic carbocycles. The van der Waals surface area contributed by atoms with E-state index in [4.69, 9.17) is 15.2 Å². The van der Waals surface area contributed by atoms with Crippen molar-refractivity contribution in [3.05, 3.63) is 60.2 Å². The van der Waals surface area contributed by atoms with Gasteiger partial charge in [-0.1, -0.05) is 30.3 Å². The predicted molar refractivity (Wildman–Crippen MR) is 97.5 cm³/mol. The minimum absolute atomic E-state index is 0.107. The van der Waals surface area contributed by atoms with Gasteiger partial charge in [0.1, 0.15) is 12.4 Å². The van der Waals surface area contributed by atoms with E-state index < -0.39 is 0 Å². The summed E-state index contributed by atoms with van der Waals surface area (Å²) in [5, 5.41) is 2.87. The molecular formula is C20H24N2O3. The highest BCUT2D eigenvalue weighted by Crippen LogP contribution is 2.19. The Morgan fingerprint density at radius 3 is 2.64 bits per heavy atom. The van der Waals surface area contributed by atoms with Gasteiger partial charge >= 0.3 is 0 Å². The van der Waals surface area contributed by atoms with Crippen LogP contribution in [-0.2, 0) is 9.53 Å². The van der Waals surface area contributed by atoms with E-state index in [9.17, 15) is 4.79 Å². The maximum Gasteiger partial charge on any atom is 0.226 e. The quantitative estimate of drug-likeness (QED) is 0.811. The molecule has 1 heterocycles. The number of hydrogen-bond donors (Lipinski definition) is 2. The number of amides is 1. The summed E-state index contributed by atoms with van der Waals surface area (Å²) in [5.41, 5.74) is 7.77. The van der Waals surface area contributed by atoms with Crippen molar-refractivity contribution in [1.29, 1.82) is 0 Å². The minimum Gasteiger partial charge on any atom is -0.491 e. The molecule has 132 valence electrons. The second-order valence-corrected chi connectivity index (χ2v) is 6.24. The van der Waals surface area contributed by atoms with Crippen LogP contribution in [0.3, 0.4) is 0 Å². The molecular weight excluding hydrogens is 316 g/mol. The van der Waals surface area contributed by atoms with Crippen LogP contribution in [0.5, 0.6) is 5.75 Å². The van der Waals surface area contributed by atoms with Crippen LogP contribution in [0, 0.1) is 0 Å². The molecule has 1 saturated heterocycles. The number of hydrogen-bond acceptors (Lipinski definition) is 4. The number of carbonyl (C=O) groups is 1. The van der Waals surface area contributed by atoms with E-state index in [0.29, 0.717) is 6.61 Å². The Labute approximate surface area is 148 Å². The van der Waals surface area contributed by atoms with Crippen molar-refractivity contribution in [2.75, 3.05) is 18.5 Å². The van der Waals surface area contributed by atoms with Crippen molar-refractivity contribution >= 4 is 11.6 Å². The standard InChI is InChI=1S/C20H24N2O3/c21-19(15-5-2-1-3-6-15)13-20(23)22-16-8-10-17(11-9-16)25-14-18-7-4-12-24-18/h1-3,5-6,8-11,18-19H,4,7,12-14,21H2,(H,22,23). The zero-order valence-electron chi connectivity index (χ0n) is 14.2. The summed E-state index contributed by atoms with van der Waals surface area (Å²) < 4.78 is 11.2. The van der Waals surface area contributed by atoms with E-state index >= 15 is 0 Å². The fraction of sp³-hybridized carbons (Fsp3) is 0.350. The molecule has 1 aliphatic heterocycles. The van der Waals surface area contributed by atoms with Crippen molar-refractivity contribution < 1.29 is 14.3 Å². The summed E-state index contributed by atoms with van der Waals surface area (Å²) in [5.74, 6) is 0.666. The van der Waals surface area contributed by atoms with Crippen LogP contribution in [0.1, 0.15) is 30.9 Å². The molecule has 2 aromatic carbocycles. The Morgan fingerprint density at radius 1 is 1.20 bits per heavy atom. The Balaban J connectivity index is 1.46. The molecule has 0 saturated carbocycles. The molecule has 1 fully saturated rings. The lowest BCUT2D eigenvalue weighted by molar-refractivity contribution is -0.116. The highest BCUT2D eigenvalue weighted by atomic mass is 16.5. The maximum absolute atomic E-state index is 12.1. The van der Waals surface area contributed by atoms with Gasteiger partial charge in [0.15, 0.2) is 0 Å². The Morgan fingerprint density at radius 2 is 1.96 bits per heavy atom. The molecule has 2 aromatic rings. The molecule has 2 unspecified atom stereocenters. The van der Waals surface area contributed by atoms with Crippen LogP contribution >= 0.6 is 0 Å². The highest BCUT2D eigenvalue weighted by Gasteiger charge is 2.16. The normalized spacial score (nSPS) is 17.9. The average Bonchev–Trinajstić information content (AvgIpc) is 3.15. The Kier molecular flexibility index (Phi) is 6.04. The predicted octanol–water partition coefficient (Wildman–Crippen LogP) is 3.27. The molecule has 5 heteroatoms. The summed E-state index contributed by atoms with van der Waals surface area (Å²) in [6.45, 7) is 1.39. The second-order valence-electron chi connectivity index (χ2n) is 6.24. The SMILES string of the molecule is NC(CC(=O)Nc1ccc(OCC2CCCO2)cc1)c1ccccc1.